The van der Waals surface area contributed by atoms with Gasteiger partial charge in [0.25, 0.3) is 11.5 Å². The van der Waals surface area contributed by atoms with Crippen molar-refractivity contribution in [1.82, 2.24) is 15.2 Å². The molecule has 1 aliphatic rings. The highest BCUT2D eigenvalue weighted by atomic mass is 32.1. The number of nitrogens with one attached hydrogen (secondary N) is 2. The number of amides is 1. The molecule has 92 valence electrons. The molecular weight excluding hydrogens is 252 g/mol. The lowest BCUT2D eigenvalue weighted by molar-refractivity contribution is 0.102. The largest absolute Gasteiger partial charge is 0.328 e. The van der Waals surface area contributed by atoms with Crippen molar-refractivity contribution < 1.29 is 4.79 Å². The number of aromatic nitrogens is 3. The second kappa shape index (κ2) is 4.34. The average molecular weight is 262 g/mol. The molecule has 0 saturated heterocycles. The van der Waals surface area contributed by atoms with Crippen molar-refractivity contribution in [3.8, 4) is 0 Å². The van der Waals surface area contributed by atoms with Gasteiger partial charge in [-0.15, -0.1) is 10.2 Å². The van der Waals surface area contributed by atoms with Gasteiger partial charge in [0.05, 0.1) is 0 Å². The third kappa shape index (κ3) is 2.17. The number of pyridine rings is 1. The van der Waals surface area contributed by atoms with Gasteiger partial charge < -0.3 is 4.98 Å². The van der Waals surface area contributed by atoms with Crippen molar-refractivity contribution >= 4 is 22.4 Å². The van der Waals surface area contributed by atoms with Crippen LogP contribution in [0.1, 0.15) is 34.1 Å². The van der Waals surface area contributed by atoms with Gasteiger partial charge in [0, 0.05) is 12.1 Å². The Balaban J connectivity index is 1.77. The summed E-state index contributed by atoms with van der Waals surface area (Å²) in [6, 6.07) is 3.07. The summed E-state index contributed by atoms with van der Waals surface area (Å²) in [6.45, 7) is 0. The van der Waals surface area contributed by atoms with Crippen LogP contribution in [0.3, 0.4) is 0 Å². The molecule has 1 aliphatic carbocycles. The minimum absolute atomic E-state index is 0.0701. The molecule has 0 spiro atoms. The van der Waals surface area contributed by atoms with Gasteiger partial charge in [0.2, 0.25) is 5.13 Å². The van der Waals surface area contributed by atoms with Gasteiger partial charge >= 0.3 is 0 Å². The number of H-pyrrole nitrogens is 1. The van der Waals surface area contributed by atoms with Gasteiger partial charge in [0.1, 0.15) is 10.6 Å². The van der Waals surface area contributed by atoms with Crippen molar-refractivity contribution in [2.45, 2.75) is 18.8 Å². The summed E-state index contributed by atoms with van der Waals surface area (Å²) in [7, 11) is 0. The Kier molecular flexibility index (Phi) is 2.67. The van der Waals surface area contributed by atoms with Crippen LogP contribution in [-0.2, 0) is 0 Å². The number of carbonyl (C=O) groups excluding carboxylic acids is 1. The van der Waals surface area contributed by atoms with Crippen LogP contribution in [0.15, 0.2) is 23.1 Å². The van der Waals surface area contributed by atoms with Gasteiger partial charge in [-0.3, -0.25) is 14.9 Å². The minimum Gasteiger partial charge on any atom is -0.328 e. The van der Waals surface area contributed by atoms with Crippen LogP contribution in [0, 0.1) is 0 Å². The lowest BCUT2D eigenvalue weighted by Crippen LogP contribution is -2.22. The van der Waals surface area contributed by atoms with E-state index in [4.69, 9.17) is 0 Å². The summed E-state index contributed by atoms with van der Waals surface area (Å²) in [6.07, 6.45) is 3.76. The van der Waals surface area contributed by atoms with E-state index in [1.54, 1.807) is 6.07 Å². The van der Waals surface area contributed by atoms with Gasteiger partial charge in [0.15, 0.2) is 0 Å². The Morgan fingerprint density at radius 2 is 2.28 bits per heavy atom. The molecule has 7 heteroatoms. The first kappa shape index (κ1) is 11.1. The van der Waals surface area contributed by atoms with Crippen LogP contribution < -0.4 is 10.9 Å². The van der Waals surface area contributed by atoms with E-state index in [1.165, 1.54) is 23.6 Å². The summed E-state index contributed by atoms with van der Waals surface area (Å²) in [5.41, 5.74) is -0.345. The first-order valence-electron chi connectivity index (χ1n) is 5.56. The van der Waals surface area contributed by atoms with E-state index in [-0.39, 0.29) is 5.56 Å². The molecule has 0 atom stereocenters. The second-order valence-electron chi connectivity index (χ2n) is 4.09. The van der Waals surface area contributed by atoms with Crippen LogP contribution in [0.5, 0.6) is 0 Å². The Labute approximate surface area is 106 Å². The number of nitrogens with zero attached hydrogens (tertiary/aromatic N) is 2. The van der Waals surface area contributed by atoms with Crippen molar-refractivity contribution in [3.63, 3.8) is 0 Å². The number of hydrogen-bond acceptors (Lipinski definition) is 5. The predicted octanol–water partition coefficient (Wildman–Crippen LogP) is 1.36. The van der Waals surface area contributed by atoms with Crippen molar-refractivity contribution in [1.29, 1.82) is 0 Å². The zero-order chi connectivity index (χ0) is 12.5. The molecule has 0 radical (unpaired) electrons. The maximum atomic E-state index is 11.8. The molecule has 2 aromatic heterocycles. The molecule has 6 nitrogen and oxygen atoms in total. The molecule has 18 heavy (non-hydrogen) atoms. The molecular formula is C11H10N4O2S. The smallest absolute Gasteiger partial charge is 0.263 e. The summed E-state index contributed by atoms with van der Waals surface area (Å²) in [4.78, 5) is 25.7. The van der Waals surface area contributed by atoms with Crippen LogP contribution in [0.25, 0.3) is 0 Å². The van der Waals surface area contributed by atoms with Crippen molar-refractivity contribution in [3.05, 3.63) is 39.3 Å². The molecule has 2 N–H and O–H groups in total. The summed E-state index contributed by atoms with van der Waals surface area (Å²) >= 11 is 1.37. The standard InChI is InChI=1S/C11H10N4O2S/c16-8-7(2-1-5-12-8)9(17)13-11-15-14-10(18-11)6-3-4-6/h1-2,5-6H,3-4H2,(H,12,16)(H,13,15,17). The van der Waals surface area contributed by atoms with E-state index in [0.29, 0.717) is 11.0 Å². The molecule has 1 fully saturated rings. The van der Waals surface area contributed by atoms with Gasteiger partial charge in [-0.05, 0) is 25.0 Å². The van der Waals surface area contributed by atoms with E-state index in [2.05, 4.69) is 20.5 Å². The second-order valence-corrected chi connectivity index (χ2v) is 5.10. The fraction of sp³-hybridized carbons (Fsp3) is 0.273. The Bertz CT molecular complexity index is 644. The fourth-order valence-electron chi connectivity index (χ4n) is 1.55. The third-order valence-corrected chi connectivity index (χ3v) is 3.65. The first-order valence-corrected chi connectivity index (χ1v) is 6.38. The molecule has 0 bridgehead atoms. The minimum atomic E-state index is -0.463. The van der Waals surface area contributed by atoms with Gasteiger partial charge in [-0.25, -0.2) is 0 Å². The van der Waals surface area contributed by atoms with E-state index in [0.717, 1.165) is 17.8 Å². The molecule has 1 saturated carbocycles. The molecule has 2 aromatic rings. The van der Waals surface area contributed by atoms with Crippen LogP contribution in [-0.4, -0.2) is 21.1 Å². The molecule has 2 heterocycles. The quantitative estimate of drug-likeness (QED) is 0.874. The maximum absolute atomic E-state index is 11.8. The topological polar surface area (TPSA) is 87.7 Å². The normalized spacial score (nSPS) is 14.4. The zero-order valence-electron chi connectivity index (χ0n) is 9.34. The summed E-state index contributed by atoms with van der Waals surface area (Å²) in [5, 5.41) is 11.9. The Hall–Kier alpha value is -2.02. The Morgan fingerprint density at radius 3 is 3.00 bits per heavy atom. The Morgan fingerprint density at radius 1 is 1.44 bits per heavy atom. The van der Waals surface area contributed by atoms with E-state index in [1.807, 2.05) is 0 Å². The van der Waals surface area contributed by atoms with Gasteiger partial charge in [-0.1, -0.05) is 11.3 Å². The lowest BCUT2D eigenvalue weighted by Gasteiger charge is -1.98. The van der Waals surface area contributed by atoms with Crippen LogP contribution in [0.2, 0.25) is 0 Å². The number of carbonyl (C=O) groups is 1. The third-order valence-electron chi connectivity index (χ3n) is 2.65. The monoisotopic (exact) mass is 262 g/mol. The summed E-state index contributed by atoms with van der Waals surface area (Å²) < 4.78 is 0. The van der Waals surface area contributed by atoms with Gasteiger partial charge in [-0.2, -0.15) is 0 Å². The highest BCUT2D eigenvalue weighted by Gasteiger charge is 2.27. The molecule has 3 rings (SSSR count). The molecule has 0 aromatic carbocycles. The SMILES string of the molecule is O=C(Nc1nnc(C2CC2)s1)c1ccc[nH]c1=O. The molecule has 0 unspecified atom stereocenters. The maximum Gasteiger partial charge on any atom is 0.263 e. The highest BCUT2D eigenvalue weighted by molar-refractivity contribution is 7.15. The number of rotatable bonds is 3. The number of anilines is 1. The predicted molar refractivity (Wildman–Crippen MR) is 66.9 cm³/mol. The molecule has 0 aliphatic heterocycles. The summed E-state index contributed by atoms with van der Waals surface area (Å²) in [5.74, 6) is 0.0450. The van der Waals surface area contributed by atoms with Crippen LogP contribution >= 0.6 is 11.3 Å². The number of hydrogen-bond donors (Lipinski definition) is 2. The van der Waals surface area contributed by atoms with Crippen molar-refractivity contribution in [2.75, 3.05) is 5.32 Å². The number of aromatic amines is 1. The highest BCUT2D eigenvalue weighted by Crippen LogP contribution is 2.42. The van der Waals surface area contributed by atoms with E-state index in [9.17, 15) is 9.59 Å². The van der Waals surface area contributed by atoms with Crippen molar-refractivity contribution in [2.24, 2.45) is 0 Å². The lowest BCUT2D eigenvalue weighted by atomic mass is 10.3. The molecule has 1 amide bonds. The average Bonchev–Trinajstić information content (AvgIpc) is 3.11. The van der Waals surface area contributed by atoms with E-state index < -0.39 is 11.5 Å². The van der Waals surface area contributed by atoms with Crippen LogP contribution in [0.4, 0.5) is 5.13 Å². The van der Waals surface area contributed by atoms with E-state index >= 15 is 0 Å². The first-order chi connectivity index (χ1) is 8.74. The fourth-order valence-corrected chi connectivity index (χ4v) is 2.45. The zero-order valence-corrected chi connectivity index (χ0v) is 10.2.